The average Bonchev–Trinajstić information content (AvgIpc) is 3.04. The molecule has 0 N–H and O–H groups in total. The summed E-state index contributed by atoms with van der Waals surface area (Å²) < 4.78 is 0. The first kappa shape index (κ1) is 46.4. The molecule has 0 heterocycles. The van der Waals surface area contributed by atoms with Crippen LogP contribution < -0.4 is 56.6 Å². The van der Waals surface area contributed by atoms with E-state index < -0.39 is 15.8 Å². The molecule has 0 bridgehead atoms. The Balaban J connectivity index is 0.000000347. The molecule has 0 aliphatic carbocycles. The Morgan fingerprint density at radius 1 is 0.226 bits per heavy atom. The summed E-state index contributed by atoms with van der Waals surface area (Å²) in [4.78, 5) is 0. The Hall–Kier alpha value is -2.73. The predicted octanol–water partition coefficient (Wildman–Crippen LogP) is 4.60. The van der Waals surface area contributed by atoms with Gasteiger partial charge in [0.05, 0.1) is 0 Å². The minimum Gasteiger partial charge on any atom is -1.00 e. The van der Waals surface area contributed by atoms with Crippen molar-refractivity contribution in [3.63, 3.8) is 0 Å². The maximum atomic E-state index is 2.26. The zero-order chi connectivity index (χ0) is 36.3. The van der Waals surface area contributed by atoms with E-state index in [0.29, 0.717) is 0 Å². The molecular weight excluding hydrogens is 768 g/mol. The van der Waals surface area contributed by atoms with Crippen molar-refractivity contribution in [2.24, 2.45) is 0 Å². The van der Waals surface area contributed by atoms with Gasteiger partial charge in [0.15, 0.2) is 0 Å². The van der Waals surface area contributed by atoms with Crippen LogP contribution in [0.5, 0.6) is 0 Å². The largest absolute Gasteiger partial charge is 2.00 e. The molecule has 53 heavy (non-hydrogen) atoms. The molecule has 0 aliphatic heterocycles. The quantitative estimate of drug-likeness (QED) is 0.216. The summed E-state index contributed by atoms with van der Waals surface area (Å²) in [5.74, 6) is 0. The van der Waals surface area contributed by atoms with E-state index in [0.717, 1.165) is 0 Å². The van der Waals surface area contributed by atoms with Crippen molar-refractivity contribution in [3.8, 4) is 0 Å². The van der Waals surface area contributed by atoms with Gasteiger partial charge in [0.25, 0.3) is 0 Å². The maximum Gasteiger partial charge on any atom is 2.00 e. The van der Waals surface area contributed by atoms with E-state index in [2.05, 4.69) is 192 Å². The zero-order valence-electron chi connectivity index (χ0n) is 33.4. The van der Waals surface area contributed by atoms with Gasteiger partial charge in [-0.05, 0) is 198 Å². The molecule has 0 nitrogen and oxygen atoms in total. The molecule has 6 aromatic carbocycles. The fourth-order valence-corrected chi connectivity index (χ4v) is 14.1. The molecule has 1 radical (unpaired) electrons. The molecule has 0 saturated heterocycles. The number of hydrogen-bond donors (Lipinski definition) is 0. The summed E-state index contributed by atoms with van der Waals surface area (Å²) in [5, 5.41) is 9.12. The third kappa shape index (κ3) is 9.93. The van der Waals surface area contributed by atoms with Gasteiger partial charge in [-0.2, -0.15) is 0 Å². The number of benzene rings is 6. The molecule has 0 atom stereocenters. The van der Waals surface area contributed by atoms with Crippen LogP contribution in [-0.4, -0.2) is 0 Å². The fraction of sp³-hybridized carbons (Fsp3) is 0.250. The van der Waals surface area contributed by atoms with Crippen LogP contribution in [0.2, 0.25) is 0 Å². The monoisotopic (exact) mass is 821 g/mol. The van der Waals surface area contributed by atoms with Gasteiger partial charge in [0, 0.05) is 0 Å². The Kier molecular flexibility index (Phi) is 17.7. The van der Waals surface area contributed by atoms with Gasteiger partial charge in [0.2, 0.25) is 0 Å². The third-order valence-corrected chi connectivity index (χ3v) is 16.9. The van der Waals surface area contributed by atoms with Crippen LogP contribution in [0.15, 0.2) is 109 Å². The summed E-state index contributed by atoms with van der Waals surface area (Å²) in [5.41, 5.74) is 16.8. The van der Waals surface area contributed by atoms with Crippen LogP contribution in [0, 0.1) is 83.1 Å². The van der Waals surface area contributed by atoms with Crippen LogP contribution in [0.3, 0.4) is 0 Å². The Bertz CT molecular complexity index is 1650. The van der Waals surface area contributed by atoms with Crippen LogP contribution in [0.4, 0.5) is 0 Å². The van der Waals surface area contributed by atoms with Crippen molar-refractivity contribution in [1.29, 1.82) is 0 Å². The molecule has 5 heteroatoms. The summed E-state index contributed by atoms with van der Waals surface area (Å²) in [6, 6.07) is 40.2. The van der Waals surface area contributed by atoms with Gasteiger partial charge in [-0.15, -0.1) is 0 Å². The molecular formula is C48H54Cl2CoP2. The first-order valence-corrected chi connectivity index (χ1v) is 20.5. The number of aryl methyl sites for hydroxylation is 12. The van der Waals surface area contributed by atoms with E-state index in [9.17, 15) is 0 Å². The van der Waals surface area contributed by atoms with Crippen molar-refractivity contribution in [2.45, 2.75) is 83.1 Å². The first-order chi connectivity index (χ1) is 23.8. The maximum absolute atomic E-state index is 2.26. The molecule has 6 rings (SSSR count). The SMILES string of the molecule is Cc1cccc(C)c1P(c1c(C)cccc1C)c1c(C)cccc1C.Cc1cccc(C)c1P(c1c(C)cccc1C)c1c(C)cccc1C.[Cl-].[Cl-].[Co+2]. The Morgan fingerprint density at radius 3 is 0.415 bits per heavy atom. The predicted molar refractivity (Wildman–Crippen MR) is 227 cm³/mol. The van der Waals surface area contributed by atoms with E-state index in [1.807, 2.05) is 0 Å². The molecule has 279 valence electrons. The van der Waals surface area contributed by atoms with E-state index in [1.54, 1.807) is 0 Å². The fourth-order valence-electron chi connectivity index (χ4n) is 7.62. The molecule has 0 aromatic heterocycles. The number of hydrogen-bond acceptors (Lipinski definition) is 0. The van der Waals surface area contributed by atoms with Gasteiger partial charge in [-0.3, -0.25) is 0 Å². The van der Waals surface area contributed by atoms with Crippen molar-refractivity contribution in [1.82, 2.24) is 0 Å². The summed E-state index contributed by atoms with van der Waals surface area (Å²) in [6.45, 7) is 27.2. The van der Waals surface area contributed by atoms with E-state index in [-0.39, 0.29) is 41.6 Å². The van der Waals surface area contributed by atoms with E-state index >= 15 is 0 Å². The number of rotatable bonds is 6. The molecule has 0 spiro atoms. The van der Waals surface area contributed by atoms with Crippen molar-refractivity contribution >= 4 is 47.7 Å². The van der Waals surface area contributed by atoms with Crippen LogP contribution in [0.25, 0.3) is 0 Å². The van der Waals surface area contributed by atoms with Crippen molar-refractivity contribution in [3.05, 3.63) is 176 Å². The van der Waals surface area contributed by atoms with E-state index in [1.165, 1.54) is 98.6 Å². The second-order valence-corrected chi connectivity index (χ2v) is 18.1. The molecule has 0 unspecified atom stereocenters. The standard InChI is InChI=1S/2C24H27P.2ClH.Co/c2*1-16-10-7-11-17(2)22(16)25(23-18(3)12-8-13-19(23)4)24-20(5)14-9-15-21(24)6;;;/h2*7-15H,1-6H3;2*1H;/q;;;;+2/p-2. The summed E-state index contributed by atoms with van der Waals surface area (Å²) in [6.07, 6.45) is 0. The van der Waals surface area contributed by atoms with Gasteiger partial charge < -0.3 is 24.8 Å². The van der Waals surface area contributed by atoms with Crippen LogP contribution in [0.1, 0.15) is 66.8 Å². The second-order valence-electron chi connectivity index (χ2n) is 14.1. The smallest absolute Gasteiger partial charge is 1.00 e. The molecule has 0 aliphatic rings. The van der Waals surface area contributed by atoms with Gasteiger partial charge >= 0.3 is 16.8 Å². The van der Waals surface area contributed by atoms with Crippen LogP contribution in [-0.2, 0) is 16.8 Å². The van der Waals surface area contributed by atoms with Crippen LogP contribution >= 0.6 is 15.8 Å². The minimum atomic E-state index is -0.571. The molecule has 0 saturated carbocycles. The van der Waals surface area contributed by atoms with Gasteiger partial charge in [-0.1, -0.05) is 109 Å². The van der Waals surface area contributed by atoms with Gasteiger partial charge in [-0.25, -0.2) is 0 Å². The summed E-state index contributed by atoms with van der Waals surface area (Å²) in [7, 11) is -1.14. The Morgan fingerprint density at radius 2 is 0.321 bits per heavy atom. The van der Waals surface area contributed by atoms with Crippen molar-refractivity contribution < 1.29 is 41.6 Å². The normalized spacial score (nSPS) is 10.5. The molecule has 6 aromatic rings. The minimum absolute atomic E-state index is 0. The number of halogens is 2. The molecule has 0 amide bonds. The van der Waals surface area contributed by atoms with Crippen molar-refractivity contribution in [2.75, 3.05) is 0 Å². The second kappa shape index (κ2) is 20.3. The molecule has 0 fully saturated rings. The van der Waals surface area contributed by atoms with E-state index in [4.69, 9.17) is 0 Å². The topological polar surface area (TPSA) is 0 Å². The zero-order valence-corrected chi connectivity index (χ0v) is 37.7. The Labute approximate surface area is 346 Å². The first-order valence-electron chi connectivity index (χ1n) is 17.8. The average molecular weight is 823 g/mol. The third-order valence-electron chi connectivity index (χ3n) is 9.98. The van der Waals surface area contributed by atoms with Gasteiger partial charge in [0.1, 0.15) is 0 Å². The summed E-state index contributed by atoms with van der Waals surface area (Å²) >= 11 is 0.